The van der Waals surface area contributed by atoms with E-state index in [0.29, 0.717) is 10.9 Å². The Balaban J connectivity index is 2.09. The summed E-state index contributed by atoms with van der Waals surface area (Å²) in [5, 5.41) is 44.4. The van der Waals surface area contributed by atoms with Gasteiger partial charge in [-0.25, -0.2) is 4.79 Å². The molecule has 1 aliphatic heterocycles. The standard InChI is InChI=1S/C37H52N8O12S2/c1-17(2)11-24-33(52)43-26(13-29(48)49)35(54)45-30(18(3)4)36(55)44-27(37(56)57)16-59-58-15-21(38)31(50)40-23(9-10-28(46)47)32(51)42-25(34(53)41-24)12-19-14-39-22-8-6-5-7-20(19)22/h5-8,14,17-18,21,23-27,30,39H,9-13,15-16,38H2,1-4H3,(H,40,50)(H,41,53)(H,42,51)(H,43,52)(H,44,55)(H,45,54)(H,46,47)(H,48,49)(H,56,57)/t21-,23-,24-,25-,26-,27-,30-/m0/s1. The molecule has 22 heteroatoms. The number of nitrogens with two attached hydrogens (primary N) is 1. The van der Waals surface area contributed by atoms with Gasteiger partial charge in [0.15, 0.2) is 0 Å². The van der Waals surface area contributed by atoms with E-state index in [9.17, 15) is 58.5 Å². The van der Waals surface area contributed by atoms with Gasteiger partial charge in [-0.15, -0.1) is 0 Å². The molecular weight excluding hydrogens is 813 g/mol. The number of hydrogen-bond acceptors (Lipinski definition) is 12. The van der Waals surface area contributed by atoms with Crippen molar-refractivity contribution < 1.29 is 58.5 Å². The van der Waals surface area contributed by atoms with E-state index in [1.807, 2.05) is 0 Å². The Labute approximate surface area is 347 Å². The molecule has 2 heterocycles. The summed E-state index contributed by atoms with van der Waals surface area (Å²) in [4.78, 5) is 121. The van der Waals surface area contributed by atoms with Crippen LogP contribution in [0, 0.1) is 11.8 Å². The van der Waals surface area contributed by atoms with E-state index in [-0.39, 0.29) is 30.3 Å². The van der Waals surface area contributed by atoms with E-state index < -0.39 is 121 Å². The molecule has 1 aliphatic rings. The number of fused-ring (bicyclic) bond motifs is 1. The second-order valence-electron chi connectivity index (χ2n) is 14.8. The van der Waals surface area contributed by atoms with Crippen LogP contribution in [0.15, 0.2) is 30.5 Å². The van der Waals surface area contributed by atoms with Gasteiger partial charge in [0, 0.05) is 41.4 Å². The molecule has 0 bridgehead atoms. The van der Waals surface area contributed by atoms with Gasteiger partial charge in [-0.1, -0.05) is 67.5 Å². The van der Waals surface area contributed by atoms with E-state index >= 15 is 0 Å². The molecule has 6 amide bonds. The van der Waals surface area contributed by atoms with Gasteiger partial charge in [0.2, 0.25) is 35.4 Å². The van der Waals surface area contributed by atoms with Crippen molar-refractivity contribution in [1.82, 2.24) is 36.9 Å². The highest BCUT2D eigenvalue weighted by atomic mass is 33.1. The molecule has 2 aromatic rings. The lowest BCUT2D eigenvalue weighted by Crippen LogP contribution is -2.61. The van der Waals surface area contributed by atoms with Crippen molar-refractivity contribution in [1.29, 1.82) is 0 Å². The van der Waals surface area contributed by atoms with Crippen molar-refractivity contribution >= 4 is 85.8 Å². The third kappa shape index (κ3) is 15.1. The SMILES string of the molecule is CC(C)C[C@@H]1NC(=O)[C@H](Cc2c[nH]c3ccccc23)NC(=O)[C@H](CCC(=O)O)NC(=O)[C@@H](N)CSSC[C@@H](C(=O)O)NC(=O)[C@H](C(C)C)NC(=O)[C@H](CC(=O)O)NC1=O. The topological polar surface area (TPSA) is 328 Å². The molecule has 3 rings (SSSR count). The van der Waals surface area contributed by atoms with Crippen molar-refractivity contribution in [2.75, 3.05) is 11.5 Å². The molecule has 1 aromatic carbocycles. The summed E-state index contributed by atoms with van der Waals surface area (Å²) in [7, 11) is 1.94. The van der Waals surface area contributed by atoms with E-state index in [1.54, 1.807) is 58.2 Å². The molecule has 0 aliphatic carbocycles. The number of carbonyl (C=O) groups is 9. The van der Waals surface area contributed by atoms with Gasteiger partial charge in [-0.3, -0.25) is 38.4 Å². The Kier molecular flexibility index (Phi) is 18.5. The number of carboxylic acids is 3. The highest BCUT2D eigenvalue weighted by Crippen LogP contribution is 2.23. The number of benzene rings is 1. The highest BCUT2D eigenvalue weighted by Gasteiger charge is 2.36. The first kappa shape index (κ1) is 48.0. The number of para-hydroxylation sites is 1. The smallest absolute Gasteiger partial charge is 0.327 e. The Morgan fingerprint density at radius 3 is 1.92 bits per heavy atom. The molecule has 1 fully saturated rings. The molecule has 0 unspecified atom stereocenters. The fraction of sp³-hybridized carbons (Fsp3) is 0.541. The summed E-state index contributed by atoms with van der Waals surface area (Å²) in [5.41, 5.74) is 7.40. The maximum Gasteiger partial charge on any atom is 0.327 e. The Bertz CT molecular complexity index is 1870. The number of H-pyrrole nitrogens is 1. The van der Waals surface area contributed by atoms with Crippen LogP contribution in [-0.2, 0) is 49.6 Å². The molecule has 0 radical (unpaired) electrons. The molecule has 7 atom stereocenters. The molecule has 20 nitrogen and oxygen atoms in total. The van der Waals surface area contributed by atoms with Gasteiger partial charge in [-0.2, -0.15) is 0 Å². The van der Waals surface area contributed by atoms with Crippen LogP contribution in [0.5, 0.6) is 0 Å². The van der Waals surface area contributed by atoms with Crippen LogP contribution < -0.4 is 37.6 Å². The summed E-state index contributed by atoms with van der Waals surface area (Å²) in [6, 6.07) is -3.07. The molecule has 12 N–H and O–H groups in total. The predicted octanol–water partition coefficient (Wildman–Crippen LogP) is -0.532. The number of hydrogen-bond donors (Lipinski definition) is 11. The van der Waals surface area contributed by atoms with E-state index in [0.717, 1.165) is 27.1 Å². The highest BCUT2D eigenvalue weighted by molar-refractivity contribution is 8.76. The number of nitrogens with one attached hydrogen (secondary N) is 7. The van der Waals surface area contributed by atoms with Crippen LogP contribution in [0.3, 0.4) is 0 Å². The summed E-state index contributed by atoms with van der Waals surface area (Å²) in [6.45, 7) is 6.59. The van der Waals surface area contributed by atoms with E-state index in [4.69, 9.17) is 5.73 Å². The van der Waals surface area contributed by atoms with Crippen LogP contribution in [0.1, 0.15) is 58.9 Å². The summed E-state index contributed by atoms with van der Waals surface area (Å²) >= 11 is 0. The normalized spacial score (nSPS) is 25.0. The maximum atomic E-state index is 14.2. The van der Waals surface area contributed by atoms with Gasteiger partial charge in [0.25, 0.3) is 0 Å². The number of aliphatic carboxylic acids is 3. The van der Waals surface area contributed by atoms with Gasteiger partial charge in [-0.05, 0) is 36.3 Å². The van der Waals surface area contributed by atoms with Crippen molar-refractivity contribution in [2.45, 2.75) is 102 Å². The Hall–Kier alpha value is -5.35. The molecule has 0 saturated carbocycles. The number of carboxylic acid groups (broad SMARTS) is 3. The van der Waals surface area contributed by atoms with Crippen LogP contribution >= 0.6 is 21.6 Å². The van der Waals surface area contributed by atoms with Crippen LogP contribution in [0.25, 0.3) is 10.9 Å². The van der Waals surface area contributed by atoms with Crippen LogP contribution in [0.2, 0.25) is 0 Å². The molecule has 324 valence electrons. The third-order valence-corrected chi connectivity index (χ3v) is 11.6. The molecule has 1 saturated heterocycles. The fourth-order valence-corrected chi connectivity index (χ4v) is 8.26. The quantitative estimate of drug-likeness (QED) is 0.127. The van der Waals surface area contributed by atoms with Gasteiger partial charge < -0.3 is 57.9 Å². The minimum atomic E-state index is -1.76. The average Bonchev–Trinajstić information content (AvgIpc) is 3.56. The van der Waals surface area contributed by atoms with Gasteiger partial charge in [0.05, 0.1) is 12.5 Å². The first-order valence-corrected chi connectivity index (χ1v) is 21.3. The lowest BCUT2D eigenvalue weighted by molar-refractivity contribution is -0.143. The van der Waals surface area contributed by atoms with Crippen molar-refractivity contribution in [3.63, 3.8) is 0 Å². The average molecular weight is 865 g/mol. The zero-order chi connectivity index (χ0) is 44.0. The van der Waals surface area contributed by atoms with Crippen LogP contribution in [0.4, 0.5) is 0 Å². The number of aromatic amines is 1. The van der Waals surface area contributed by atoms with Crippen molar-refractivity contribution in [2.24, 2.45) is 17.6 Å². The Morgan fingerprint density at radius 2 is 1.29 bits per heavy atom. The van der Waals surface area contributed by atoms with E-state index in [2.05, 4.69) is 36.9 Å². The number of aromatic nitrogens is 1. The third-order valence-electron chi connectivity index (χ3n) is 9.13. The molecule has 1 aromatic heterocycles. The Morgan fingerprint density at radius 1 is 0.712 bits per heavy atom. The fourth-order valence-electron chi connectivity index (χ4n) is 5.99. The van der Waals surface area contributed by atoms with Crippen LogP contribution in [-0.4, -0.2) is 127 Å². The molecular formula is C37H52N8O12S2. The van der Waals surface area contributed by atoms with Crippen molar-refractivity contribution in [3.05, 3.63) is 36.0 Å². The lowest BCUT2D eigenvalue weighted by Gasteiger charge is -2.28. The summed E-state index contributed by atoms with van der Waals surface area (Å²) in [5.74, 6) is -11.0. The lowest BCUT2D eigenvalue weighted by atomic mass is 9.99. The number of rotatable bonds is 11. The minimum absolute atomic E-state index is 0.0223. The first-order chi connectivity index (χ1) is 27.8. The summed E-state index contributed by atoms with van der Waals surface area (Å²) < 4.78 is 0. The van der Waals surface area contributed by atoms with Gasteiger partial charge >= 0.3 is 17.9 Å². The minimum Gasteiger partial charge on any atom is -0.481 e. The largest absolute Gasteiger partial charge is 0.481 e. The van der Waals surface area contributed by atoms with Crippen molar-refractivity contribution in [3.8, 4) is 0 Å². The summed E-state index contributed by atoms with van der Waals surface area (Å²) in [6.07, 6.45) is -0.423. The monoisotopic (exact) mass is 864 g/mol. The second kappa shape index (κ2) is 22.7. The number of carbonyl (C=O) groups excluding carboxylic acids is 6. The van der Waals surface area contributed by atoms with E-state index in [1.165, 1.54) is 0 Å². The molecule has 0 spiro atoms. The number of amides is 6. The second-order valence-corrected chi connectivity index (χ2v) is 17.3. The zero-order valence-electron chi connectivity index (χ0n) is 32.9. The predicted molar refractivity (Wildman–Crippen MR) is 218 cm³/mol. The van der Waals surface area contributed by atoms with Gasteiger partial charge in [0.1, 0.15) is 36.3 Å². The molecule has 59 heavy (non-hydrogen) atoms. The first-order valence-electron chi connectivity index (χ1n) is 18.8. The maximum absolute atomic E-state index is 14.2. The zero-order valence-corrected chi connectivity index (χ0v) is 34.6.